The topological polar surface area (TPSA) is 58.6 Å². The van der Waals surface area contributed by atoms with E-state index in [-0.39, 0.29) is 5.75 Å². The molecule has 0 atom stereocenters. The Morgan fingerprint density at radius 1 is 0.792 bits per heavy atom. The van der Waals surface area contributed by atoms with Crippen molar-refractivity contribution in [3.8, 4) is 5.75 Å². The maximum Gasteiger partial charge on any atom is 0.124 e. The van der Waals surface area contributed by atoms with Crippen molar-refractivity contribution in [2.45, 2.75) is 0 Å². The van der Waals surface area contributed by atoms with E-state index in [0.29, 0.717) is 16.9 Å². The smallest absolute Gasteiger partial charge is 0.124 e. The highest BCUT2D eigenvalue weighted by Gasteiger charge is 2.05. The van der Waals surface area contributed by atoms with Crippen molar-refractivity contribution in [3.05, 3.63) is 78.4 Å². The van der Waals surface area contributed by atoms with Crippen molar-refractivity contribution in [2.75, 3.05) is 5.73 Å². The molecule has 0 radical (unpaired) electrons. The van der Waals surface area contributed by atoms with Gasteiger partial charge in [0.25, 0.3) is 0 Å². The van der Waals surface area contributed by atoms with E-state index < -0.39 is 0 Å². The molecule has 0 fully saturated rings. The predicted octanol–water partition coefficient (Wildman–Crippen LogP) is 5.03. The maximum absolute atomic E-state index is 10.2. The van der Waals surface area contributed by atoms with Crippen LogP contribution in [0.15, 0.2) is 77.8 Å². The first-order valence-electron chi connectivity index (χ1n) is 7.75. The molecule has 0 bridgehead atoms. The molecule has 3 nitrogen and oxygen atoms in total. The number of anilines is 1. The number of benzene rings is 4. The van der Waals surface area contributed by atoms with E-state index in [1.807, 2.05) is 66.7 Å². The lowest BCUT2D eigenvalue weighted by Crippen LogP contribution is -1.89. The van der Waals surface area contributed by atoms with Gasteiger partial charge in [-0.15, -0.1) is 0 Å². The van der Waals surface area contributed by atoms with Crippen molar-refractivity contribution < 1.29 is 5.11 Å². The van der Waals surface area contributed by atoms with Crippen LogP contribution < -0.4 is 5.73 Å². The van der Waals surface area contributed by atoms with Crippen molar-refractivity contribution in [3.63, 3.8) is 0 Å². The molecule has 0 saturated carbocycles. The van der Waals surface area contributed by atoms with Gasteiger partial charge in [-0.05, 0) is 39.7 Å². The predicted molar refractivity (Wildman–Crippen MR) is 101 cm³/mol. The minimum absolute atomic E-state index is 0.205. The van der Waals surface area contributed by atoms with Crippen LogP contribution in [0.1, 0.15) is 5.56 Å². The molecular weight excluding hydrogens is 296 g/mol. The third-order valence-electron chi connectivity index (χ3n) is 4.18. The summed E-state index contributed by atoms with van der Waals surface area (Å²) < 4.78 is 0. The molecule has 0 unspecified atom stereocenters. The average molecular weight is 312 g/mol. The number of nitrogens with two attached hydrogens (primary N) is 1. The Morgan fingerprint density at radius 2 is 1.46 bits per heavy atom. The number of nitrogens with zero attached hydrogens (tertiary/aromatic N) is 1. The zero-order valence-corrected chi connectivity index (χ0v) is 13.0. The van der Waals surface area contributed by atoms with Gasteiger partial charge in [0.2, 0.25) is 0 Å². The van der Waals surface area contributed by atoms with Crippen LogP contribution in [0.25, 0.3) is 21.5 Å². The molecule has 0 spiro atoms. The lowest BCUT2D eigenvalue weighted by atomic mass is 10.0. The molecular formula is C21H16N2O. The normalized spacial score (nSPS) is 11.5. The van der Waals surface area contributed by atoms with Gasteiger partial charge in [-0.1, -0.05) is 54.6 Å². The standard InChI is InChI=1S/C21H16N2O/c22-19-11-15-6-1-2-7-16(15)12-20(19)23-13-18-17-8-4-3-5-14(17)9-10-21(18)24/h1-13,24H,22H2. The summed E-state index contributed by atoms with van der Waals surface area (Å²) in [5, 5.41) is 14.4. The lowest BCUT2D eigenvalue weighted by Gasteiger charge is -2.06. The second-order valence-electron chi connectivity index (χ2n) is 5.74. The lowest BCUT2D eigenvalue weighted by molar-refractivity contribution is 0.475. The van der Waals surface area contributed by atoms with Gasteiger partial charge in [0.1, 0.15) is 5.75 Å². The Hall–Kier alpha value is -3.33. The minimum atomic E-state index is 0.205. The fourth-order valence-corrected chi connectivity index (χ4v) is 2.91. The molecule has 4 aromatic rings. The molecule has 0 amide bonds. The molecule has 0 aliphatic heterocycles. The summed E-state index contributed by atoms with van der Waals surface area (Å²) in [7, 11) is 0. The van der Waals surface area contributed by atoms with Crippen LogP contribution in [0, 0.1) is 0 Å². The van der Waals surface area contributed by atoms with Gasteiger partial charge in [-0.3, -0.25) is 4.99 Å². The van der Waals surface area contributed by atoms with Gasteiger partial charge in [-0.25, -0.2) is 0 Å². The van der Waals surface area contributed by atoms with Crippen molar-refractivity contribution in [2.24, 2.45) is 4.99 Å². The SMILES string of the molecule is Nc1cc2ccccc2cc1N=Cc1c(O)ccc2ccccc12. The van der Waals surface area contributed by atoms with E-state index in [0.717, 1.165) is 21.5 Å². The van der Waals surface area contributed by atoms with Crippen LogP contribution in [0.3, 0.4) is 0 Å². The van der Waals surface area contributed by atoms with Gasteiger partial charge in [-0.2, -0.15) is 0 Å². The Kier molecular flexibility index (Phi) is 3.39. The highest BCUT2D eigenvalue weighted by Crippen LogP contribution is 2.30. The fourth-order valence-electron chi connectivity index (χ4n) is 2.91. The van der Waals surface area contributed by atoms with Crippen LogP contribution >= 0.6 is 0 Å². The Balaban J connectivity index is 1.84. The van der Waals surface area contributed by atoms with Crippen LogP contribution in [-0.2, 0) is 0 Å². The maximum atomic E-state index is 10.2. The van der Waals surface area contributed by atoms with Gasteiger partial charge in [0.15, 0.2) is 0 Å². The number of phenolic OH excluding ortho intramolecular Hbond substituents is 1. The first-order valence-corrected chi connectivity index (χ1v) is 7.75. The number of hydrogen-bond acceptors (Lipinski definition) is 3. The van der Waals surface area contributed by atoms with E-state index in [1.165, 1.54) is 0 Å². The quantitative estimate of drug-likeness (QED) is 0.403. The first kappa shape index (κ1) is 14.3. The number of rotatable bonds is 2. The van der Waals surface area contributed by atoms with Gasteiger partial charge < -0.3 is 10.8 Å². The molecule has 116 valence electrons. The summed E-state index contributed by atoms with van der Waals surface area (Å²) in [5.41, 5.74) is 8.13. The van der Waals surface area contributed by atoms with E-state index in [9.17, 15) is 5.11 Å². The van der Waals surface area contributed by atoms with E-state index >= 15 is 0 Å². The summed E-state index contributed by atoms with van der Waals surface area (Å²) >= 11 is 0. The van der Waals surface area contributed by atoms with E-state index in [1.54, 1.807) is 12.3 Å². The second kappa shape index (κ2) is 5.70. The van der Waals surface area contributed by atoms with E-state index in [4.69, 9.17) is 5.73 Å². The first-order chi connectivity index (χ1) is 11.7. The van der Waals surface area contributed by atoms with Gasteiger partial charge >= 0.3 is 0 Å². The molecule has 0 aliphatic carbocycles. The molecule has 4 rings (SSSR count). The summed E-state index contributed by atoms with van der Waals surface area (Å²) in [5.74, 6) is 0.205. The van der Waals surface area contributed by atoms with Gasteiger partial charge in [0.05, 0.1) is 11.4 Å². The van der Waals surface area contributed by atoms with Crippen LogP contribution in [0.2, 0.25) is 0 Å². The average Bonchev–Trinajstić information content (AvgIpc) is 2.61. The Labute approximate surface area is 139 Å². The van der Waals surface area contributed by atoms with Crippen molar-refractivity contribution in [1.29, 1.82) is 0 Å². The third kappa shape index (κ3) is 2.46. The summed E-state index contributed by atoms with van der Waals surface area (Å²) in [6.07, 6.45) is 1.68. The number of aliphatic imine (C=N–C) groups is 1. The van der Waals surface area contributed by atoms with Crippen molar-refractivity contribution in [1.82, 2.24) is 0 Å². The largest absolute Gasteiger partial charge is 0.507 e. The zero-order valence-electron chi connectivity index (χ0n) is 13.0. The van der Waals surface area contributed by atoms with Crippen LogP contribution in [0.4, 0.5) is 11.4 Å². The number of nitrogen functional groups attached to an aromatic ring is 1. The van der Waals surface area contributed by atoms with Gasteiger partial charge in [0, 0.05) is 11.8 Å². The molecule has 4 aromatic carbocycles. The number of phenols is 1. The van der Waals surface area contributed by atoms with Crippen LogP contribution in [-0.4, -0.2) is 11.3 Å². The molecule has 0 aliphatic rings. The van der Waals surface area contributed by atoms with E-state index in [2.05, 4.69) is 4.99 Å². The third-order valence-corrected chi connectivity index (χ3v) is 4.18. The zero-order chi connectivity index (χ0) is 16.5. The number of hydrogen-bond donors (Lipinski definition) is 2. The summed E-state index contributed by atoms with van der Waals surface area (Å²) in [6, 6.07) is 23.4. The molecule has 0 aromatic heterocycles. The van der Waals surface area contributed by atoms with Crippen LogP contribution in [0.5, 0.6) is 5.75 Å². The Morgan fingerprint density at radius 3 is 2.25 bits per heavy atom. The monoisotopic (exact) mass is 312 g/mol. The van der Waals surface area contributed by atoms with Crippen molar-refractivity contribution >= 4 is 39.1 Å². The molecule has 24 heavy (non-hydrogen) atoms. The summed E-state index contributed by atoms with van der Waals surface area (Å²) in [4.78, 5) is 4.53. The fraction of sp³-hybridized carbons (Fsp3) is 0. The highest BCUT2D eigenvalue weighted by molar-refractivity contribution is 6.03. The molecule has 3 N–H and O–H groups in total. The highest BCUT2D eigenvalue weighted by atomic mass is 16.3. The number of fused-ring (bicyclic) bond motifs is 2. The second-order valence-corrected chi connectivity index (χ2v) is 5.74. The molecule has 3 heteroatoms. The Bertz CT molecular complexity index is 1080. The minimum Gasteiger partial charge on any atom is -0.507 e. The molecule has 0 saturated heterocycles. The number of aromatic hydroxyl groups is 1. The molecule has 0 heterocycles. The summed E-state index contributed by atoms with van der Waals surface area (Å²) in [6.45, 7) is 0.